The number of benzene rings is 4. The molecule has 4 aromatic rings. The van der Waals surface area contributed by atoms with Crippen molar-refractivity contribution in [3.05, 3.63) is 92.0 Å². The number of esters is 2. The van der Waals surface area contributed by atoms with Crippen LogP contribution in [0.1, 0.15) is 74.8 Å². The average molecular weight is 703 g/mol. The number of rotatable bonds is 12. The van der Waals surface area contributed by atoms with E-state index in [0.29, 0.717) is 33.4 Å². The van der Waals surface area contributed by atoms with E-state index in [1.807, 2.05) is 0 Å². The summed E-state index contributed by atoms with van der Waals surface area (Å²) in [6, 6.07) is 8.91. The molecular weight excluding hydrogens is 664 g/mol. The van der Waals surface area contributed by atoms with Gasteiger partial charge in [0.15, 0.2) is 0 Å². The molecule has 268 valence electrons. The molecule has 0 saturated heterocycles. The fraction of sp³-hybridized carbons (Fsp3) is 0.263. The zero-order valence-electron chi connectivity index (χ0n) is 29.8. The Morgan fingerprint density at radius 3 is 1.12 bits per heavy atom. The molecule has 4 aromatic carbocycles. The van der Waals surface area contributed by atoms with Gasteiger partial charge < -0.3 is 43.4 Å². The van der Waals surface area contributed by atoms with E-state index in [-0.39, 0.29) is 68.2 Å². The molecule has 0 radical (unpaired) electrons. The van der Waals surface area contributed by atoms with Gasteiger partial charge in [0.05, 0.1) is 28.4 Å². The fourth-order valence-electron chi connectivity index (χ4n) is 5.78. The lowest BCUT2D eigenvalue weighted by atomic mass is 9.97. The SMILES string of the molecule is COc1ccc(Oc2ccc(OC)c(C(=O)Oc3c(C)c(C)c(C(=O)O)c(OC)c3C)c2)cc1C(=O)Oc1c(C)c(C)c(C(=O)O)c(OC)c1C. The third-order valence-corrected chi connectivity index (χ3v) is 8.62. The predicted octanol–water partition coefficient (Wildman–Crippen LogP) is 7.20. The van der Waals surface area contributed by atoms with Crippen molar-refractivity contribution in [1.82, 2.24) is 0 Å². The number of ether oxygens (including phenoxy) is 7. The Kier molecular flexibility index (Phi) is 11.1. The standard InChI is InChI=1S/C38H38O13/c1-17-19(3)31(21(5)33(47-9)29(17)35(39)40)50-37(43)25-15-23(11-13-27(25)45-7)49-24-12-14-28(46-8)26(16-24)38(44)51-32-20(4)18(2)30(36(41)42)34(48-10)22(32)6/h11-16H,1-10H3,(H,39,40)(H,41,42). The van der Waals surface area contributed by atoms with Crippen LogP contribution in [-0.2, 0) is 0 Å². The lowest BCUT2D eigenvalue weighted by molar-refractivity contribution is 0.0679. The Morgan fingerprint density at radius 2 is 0.824 bits per heavy atom. The van der Waals surface area contributed by atoms with Crippen LogP contribution in [0.2, 0.25) is 0 Å². The minimum Gasteiger partial charge on any atom is -0.496 e. The minimum atomic E-state index is -1.18. The number of carbonyl (C=O) groups excluding carboxylic acids is 2. The maximum Gasteiger partial charge on any atom is 0.347 e. The molecule has 0 saturated carbocycles. The molecule has 0 bridgehead atoms. The second-order valence-electron chi connectivity index (χ2n) is 11.4. The number of aromatic carboxylic acids is 2. The van der Waals surface area contributed by atoms with Gasteiger partial charge in [0.1, 0.15) is 68.2 Å². The van der Waals surface area contributed by atoms with Crippen molar-refractivity contribution in [3.63, 3.8) is 0 Å². The van der Waals surface area contributed by atoms with Gasteiger partial charge in [-0.15, -0.1) is 0 Å². The summed E-state index contributed by atoms with van der Waals surface area (Å²) < 4.78 is 39.2. The summed E-state index contributed by atoms with van der Waals surface area (Å²) >= 11 is 0. The molecule has 0 heterocycles. The first-order valence-corrected chi connectivity index (χ1v) is 15.4. The summed E-state index contributed by atoms with van der Waals surface area (Å²) in [6.07, 6.45) is 0. The molecule has 13 heteroatoms. The van der Waals surface area contributed by atoms with Gasteiger partial charge in [-0.3, -0.25) is 0 Å². The maximum absolute atomic E-state index is 13.6. The molecule has 0 aliphatic rings. The van der Waals surface area contributed by atoms with Crippen molar-refractivity contribution in [2.24, 2.45) is 0 Å². The number of hydrogen-bond acceptors (Lipinski definition) is 11. The van der Waals surface area contributed by atoms with E-state index in [1.165, 1.54) is 52.7 Å². The Bertz CT molecular complexity index is 1930. The molecule has 0 aliphatic heterocycles. The van der Waals surface area contributed by atoms with E-state index in [0.717, 1.165) is 0 Å². The van der Waals surface area contributed by atoms with E-state index in [2.05, 4.69) is 0 Å². The minimum absolute atomic E-state index is 0.000881. The van der Waals surface area contributed by atoms with E-state index in [4.69, 9.17) is 33.2 Å². The Labute approximate surface area is 294 Å². The van der Waals surface area contributed by atoms with Gasteiger partial charge in [0.25, 0.3) is 0 Å². The molecule has 0 atom stereocenters. The third-order valence-electron chi connectivity index (χ3n) is 8.62. The Morgan fingerprint density at radius 1 is 0.471 bits per heavy atom. The van der Waals surface area contributed by atoms with Crippen molar-refractivity contribution < 1.29 is 62.5 Å². The van der Waals surface area contributed by atoms with E-state index < -0.39 is 23.9 Å². The fourth-order valence-corrected chi connectivity index (χ4v) is 5.78. The number of methoxy groups -OCH3 is 4. The van der Waals surface area contributed by atoms with Crippen LogP contribution in [0.15, 0.2) is 36.4 Å². The summed E-state index contributed by atoms with van der Waals surface area (Å²) in [4.78, 5) is 51.0. The average Bonchev–Trinajstić information content (AvgIpc) is 3.10. The lowest BCUT2D eigenvalue weighted by Crippen LogP contribution is -2.15. The summed E-state index contributed by atoms with van der Waals surface area (Å²) in [5, 5.41) is 19.5. The van der Waals surface area contributed by atoms with E-state index >= 15 is 0 Å². The highest BCUT2D eigenvalue weighted by atomic mass is 16.5. The van der Waals surface area contributed by atoms with E-state index in [1.54, 1.807) is 53.7 Å². The first-order valence-electron chi connectivity index (χ1n) is 15.4. The lowest BCUT2D eigenvalue weighted by Gasteiger charge is -2.20. The van der Waals surface area contributed by atoms with Crippen LogP contribution >= 0.6 is 0 Å². The van der Waals surface area contributed by atoms with Gasteiger partial charge in [-0.05, 0) is 100 Å². The van der Waals surface area contributed by atoms with Gasteiger partial charge >= 0.3 is 23.9 Å². The third kappa shape index (κ3) is 7.09. The van der Waals surface area contributed by atoms with Crippen molar-refractivity contribution in [2.75, 3.05) is 28.4 Å². The molecular formula is C38H38O13. The van der Waals surface area contributed by atoms with Crippen molar-refractivity contribution in [3.8, 4) is 46.0 Å². The molecule has 0 unspecified atom stereocenters. The number of carboxylic acid groups (broad SMARTS) is 2. The van der Waals surface area contributed by atoms with Crippen LogP contribution in [0.4, 0.5) is 0 Å². The molecule has 4 rings (SSSR count). The Hall–Kier alpha value is -6.24. The van der Waals surface area contributed by atoms with Gasteiger partial charge in [-0.2, -0.15) is 0 Å². The van der Waals surface area contributed by atoms with Crippen molar-refractivity contribution in [1.29, 1.82) is 0 Å². The van der Waals surface area contributed by atoms with Crippen LogP contribution in [-0.4, -0.2) is 62.5 Å². The summed E-state index contributed by atoms with van der Waals surface area (Å²) in [6.45, 7) is 9.67. The summed E-state index contributed by atoms with van der Waals surface area (Å²) in [7, 11) is 5.44. The molecule has 51 heavy (non-hydrogen) atoms. The molecule has 13 nitrogen and oxygen atoms in total. The summed E-state index contributed by atoms with van der Waals surface area (Å²) in [5.41, 5.74) is 2.24. The molecule has 2 N–H and O–H groups in total. The first-order chi connectivity index (χ1) is 24.1. The summed E-state index contributed by atoms with van der Waals surface area (Å²) in [5.74, 6) is -2.81. The molecule has 0 fully saturated rings. The molecule has 0 aliphatic carbocycles. The van der Waals surface area contributed by atoms with Crippen LogP contribution in [0, 0.1) is 41.5 Å². The monoisotopic (exact) mass is 702 g/mol. The predicted molar refractivity (Wildman–Crippen MR) is 184 cm³/mol. The zero-order chi connectivity index (χ0) is 37.9. The maximum atomic E-state index is 13.6. The van der Waals surface area contributed by atoms with Gasteiger partial charge in [0, 0.05) is 11.1 Å². The Balaban J connectivity index is 1.68. The molecule has 0 spiro atoms. The van der Waals surface area contributed by atoms with E-state index in [9.17, 15) is 29.4 Å². The van der Waals surface area contributed by atoms with Crippen LogP contribution in [0.3, 0.4) is 0 Å². The van der Waals surface area contributed by atoms with Crippen LogP contribution in [0.5, 0.6) is 46.0 Å². The van der Waals surface area contributed by atoms with Gasteiger partial charge in [-0.1, -0.05) is 0 Å². The highest BCUT2D eigenvalue weighted by molar-refractivity contribution is 5.98. The number of carbonyl (C=O) groups is 4. The second-order valence-corrected chi connectivity index (χ2v) is 11.4. The normalized spacial score (nSPS) is 10.6. The largest absolute Gasteiger partial charge is 0.496 e. The molecule has 0 amide bonds. The van der Waals surface area contributed by atoms with Gasteiger partial charge in [-0.25, -0.2) is 19.2 Å². The highest BCUT2D eigenvalue weighted by Crippen LogP contribution is 2.41. The quantitative estimate of drug-likeness (QED) is 0.112. The van der Waals surface area contributed by atoms with Crippen LogP contribution in [0.25, 0.3) is 0 Å². The second kappa shape index (κ2) is 15.1. The zero-order valence-corrected chi connectivity index (χ0v) is 29.8. The number of hydrogen-bond donors (Lipinski definition) is 2. The highest BCUT2D eigenvalue weighted by Gasteiger charge is 2.28. The van der Waals surface area contributed by atoms with Crippen molar-refractivity contribution in [2.45, 2.75) is 41.5 Å². The first kappa shape index (κ1) is 37.6. The molecule has 0 aromatic heterocycles. The van der Waals surface area contributed by atoms with Crippen molar-refractivity contribution >= 4 is 23.9 Å². The van der Waals surface area contributed by atoms with Crippen LogP contribution < -0.4 is 33.2 Å². The smallest absolute Gasteiger partial charge is 0.347 e. The number of carboxylic acids is 2. The topological polar surface area (TPSA) is 173 Å². The van der Waals surface area contributed by atoms with Gasteiger partial charge in [0.2, 0.25) is 0 Å².